The van der Waals surface area contributed by atoms with Gasteiger partial charge in [-0.3, -0.25) is 24.0 Å². The zero-order valence-electron chi connectivity index (χ0n) is 23.5. The molecule has 1 unspecified atom stereocenters. The van der Waals surface area contributed by atoms with Crippen molar-refractivity contribution in [2.75, 3.05) is 6.54 Å². The summed E-state index contributed by atoms with van der Waals surface area (Å²) in [6.45, 7) is 5.01. The van der Waals surface area contributed by atoms with Crippen LogP contribution in [-0.4, -0.2) is 75.7 Å². The van der Waals surface area contributed by atoms with Gasteiger partial charge in [-0.2, -0.15) is 0 Å². The van der Waals surface area contributed by atoms with Crippen molar-refractivity contribution in [2.45, 2.75) is 108 Å². The van der Waals surface area contributed by atoms with E-state index in [4.69, 9.17) is 0 Å². The lowest BCUT2D eigenvalue weighted by atomic mass is 9.94. The third-order valence-electron chi connectivity index (χ3n) is 7.95. The maximum Gasteiger partial charge on any atom is 0.246 e. The summed E-state index contributed by atoms with van der Waals surface area (Å²) in [6, 6.07) is 3.13. The number of Topliss-reactive ketones (excluding diaryl/α,β-unsaturated/α-hetero) is 1. The van der Waals surface area contributed by atoms with E-state index in [9.17, 15) is 33.5 Å². The van der Waals surface area contributed by atoms with E-state index >= 15 is 0 Å². The van der Waals surface area contributed by atoms with E-state index in [-0.39, 0.29) is 37.0 Å². The summed E-state index contributed by atoms with van der Waals surface area (Å²) < 4.78 is 14.5. The van der Waals surface area contributed by atoms with Crippen LogP contribution in [0.4, 0.5) is 4.39 Å². The van der Waals surface area contributed by atoms with Crippen LogP contribution in [-0.2, 0) is 30.4 Å². The Morgan fingerprint density at radius 3 is 2.50 bits per heavy atom. The summed E-state index contributed by atoms with van der Waals surface area (Å²) in [7, 11) is 0. The molecule has 5 atom stereocenters. The lowest BCUT2D eigenvalue weighted by molar-refractivity contribution is -0.144. The number of unbranched alkanes of at least 4 members (excludes halogenated alkanes) is 2. The number of hydrogen-bond acceptors (Lipinski definition) is 6. The second-order valence-electron chi connectivity index (χ2n) is 11.0. The van der Waals surface area contributed by atoms with Crippen molar-refractivity contribution in [3.8, 4) is 0 Å². The SMILES string of the molecule is CC[C@]1(C)NC(=O)[C@H](CCCCCC(=O)[C@@H](C)O)NC(=O)C2CCCN2C(=O)[C@@H](Cc2ccccc2F)NC1=O. The molecule has 1 aromatic rings. The molecule has 4 N–H and O–H groups in total. The lowest BCUT2D eigenvalue weighted by Crippen LogP contribution is -2.65. The molecule has 1 aromatic carbocycles. The first-order valence-electron chi connectivity index (χ1n) is 14.1. The van der Waals surface area contributed by atoms with E-state index in [1.54, 1.807) is 26.0 Å². The number of rotatable bonds is 10. The molecular formula is C29H41FN4O6. The largest absolute Gasteiger partial charge is 0.386 e. The molecule has 0 aliphatic carbocycles. The van der Waals surface area contributed by atoms with Crippen molar-refractivity contribution in [1.29, 1.82) is 0 Å². The topological polar surface area (TPSA) is 145 Å². The molecular weight excluding hydrogens is 519 g/mol. The van der Waals surface area contributed by atoms with Gasteiger partial charge in [-0.15, -0.1) is 0 Å². The van der Waals surface area contributed by atoms with Gasteiger partial charge in [-0.05, 0) is 57.6 Å². The zero-order chi connectivity index (χ0) is 29.4. The second kappa shape index (κ2) is 13.8. The quantitative estimate of drug-likeness (QED) is 0.320. The molecule has 2 heterocycles. The summed E-state index contributed by atoms with van der Waals surface area (Å²) in [5, 5.41) is 17.7. The molecule has 10 nitrogen and oxygen atoms in total. The first-order chi connectivity index (χ1) is 19.0. The number of benzene rings is 1. The number of nitrogens with one attached hydrogen (secondary N) is 3. The van der Waals surface area contributed by atoms with Crippen LogP contribution in [0.1, 0.15) is 77.7 Å². The van der Waals surface area contributed by atoms with Crippen LogP contribution in [0.15, 0.2) is 24.3 Å². The Balaban J connectivity index is 1.83. The number of fused-ring (bicyclic) bond motifs is 1. The lowest BCUT2D eigenvalue weighted by Gasteiger charge is -2.36. The van der Waals surface area contributed by atoms with Crippen molar-refractivity contribution in [1.82, 2.24) is 20.9 Å². The number of halogens is 1. The fraction of sp³-hybridized carbons (Fsp3) is 0.621. The van der Waals surface area contributed by atoms with Crippen LogP contribution >= 0.6 is 0 Å². The molecule has 0 saturated carbocycles. The van der Waals surface area contributed by atoms with Gasteiger partial charge >= 0.3 is 0 Å². The number of nitrogens with zero attached hydrogens (tertiary/aromatic N) is 1. The van der Waals surface area contributed by atoms with Gasteiger partial charge in [0.15, 0.2) is 5.78 Å². The van der Waals surface area contributed by atoms with Crippen molar-refractivity contribution in [3.05, 3.63) is 35.6 Å². The Morgan fingerprint density at radius 2 is 1.82 bits per heavy atom. The third kappa shape index (κ3) is 7.65. The highest BCUT2D eigenvalue weighted by Gasteiger charge is 2.43. The molecule has 2 saturated heterocycles. The highest BCUT2D eigenvalue weighted by atomic mass is 19.1. The molecule has 4 amide bonds. The van der Waals surface area contributed by atoms with Crippen LogP contribution < -0.4 is 16.0 Å². The number of hydrogen-bond donors (Lipinski definition) is 4. The van der Waals surface area contributed by atoms with Gasteiger partial charge in [0.05, 0.1) is 0 Å². The third-order valence-corrected chi connectivity index (χ3v) is 7.95. The monoisotopic (exact) mass is 560 g/mol. The maximum absolute atomic E-state index is 14.5. The molecule has 3 rings (SSSR count). The normalized spacial score (nSPS) is 26.6. The predicted octanol–water partition coefficient (Wildman–Crippen LogP) is 1.53. The number of aliphatic hydroxyl groups is 1. The molecule has 0 aromatic heterocycles. The van der Waals surface area contributed by atoms with Gasteiger partial charge in [0.2, 0.25) is 23.6 Å². The molecule has 2 fully saturated rings. The highest BCUT2D eigenvalue weighted by Crippen LogP contribution is 2.22. The van der Waals surface area contributed by atoms with Crippen molar-refractivity contribution < 1.29 is 33.5 Å². The molecule has 0 radical (unpaired) electrons. The van der Waals surface area contributed by atoms with E-state index in [2.05, 4.69) is 16.0 Å². The summed E-state index contributed by atoms with van der Waals surface area (Å²) in [5.41, 5.74) is -1.13. The maximum atomic E-state index is 14.5. The van der Waals surface area contributed by atoms with Crippen LogP contribution in [0.2, 0.25) is 0 Å². The number of amides is 4. The molecule has 0 spiro atoms. The van der Waals surface area contributed by atoms with Gasteiger partial charge in [0, 0.05) is 19.4 Å². The second-order valence-corrected chi connectivity index (χ2v) is 11.0. The predicted molar refractivity (Wildman–Crippen MR) is 145 cm³/mol. The first-order valence-corrected chi connectivity index (χ1v) is 14.1. The fourth-order valence-electron chi connectivity index (χ4n) is 5.14. The van der Waals surface area contributed by atoms with Gasteiger partial charge in [-0.25, -0.2) is 4.39 Å². The van der Waals surface area contributed by atoms with E-state index < -0.39 is 59.2 Å². The Kier molecular flexibility index (Phi) is 10.8. The van der Waals surface area contributed by atoms with Crippen molar-refractivity contribution in [2.24, 2.45) is 0 Å². The minimum Gasteiger partial charge on any atom is -0.386 e. The molecule has 0 bridgehead atoms. The highest BCUT2D eigenvalue weighted by molar-refractivity contribution is 5.99. The fourth-order valence-corrected chi connectivity index (χ4v) is 5.14. The Morgan fingerprint density at radius 1 is 1.10 bits per heavy atom. The minimum atomic E-state index is -1.39. The van der Waals surface area contributed by atoms with E-state index in [0.29, 0.717) is 38.6 Å². The molecule has 11 heteroatoms. The Bertz CT molecular complexity index is 1110. The average Bonchev–Trinajstić information content (AvgIpc) is 3.41. The van der Waals surface area contributed by atoms with Crippen LogP contribution in [0.3, 0.4) is 0 Å². The van der Waals surface area contributed by atoms with Crippen molar-refractivity contribution >= 4 is 29.4 Å². The van der Waals surface area contributed by atoms with Crippen LogP contribution in [0.25, 0.3) is 0 Å². The molecule has 2 aliphatic heterocycles. The van der Waals surface area contributed by atoms with Crippen molar-refractivity contribution in [3.63, 3.8) is 0 Å². The first kappa shape index (κ1) is 31.2. The Hall–Kier alpha value is -3.34. The standard InChI is InChI=1S/C29H41FN4O6/c1-4-29(3)28(40)32-22(17-19-11-8-9-12-20(19)30)27(39)34-16-10-14-23(34)26(38)31-21(25(37)33-29)13-6-5-7-15-24(36)18(2)35/h8-9,11-12,18,21-23,35H,4-7,10,13-17H2,1-3H3,(H,31,38)(H,32,40)(H,33,37)/t18-,21+,22-,23?,29+/m1/s1. The molecule has 2 aliphatic rings. The van der Waals surface area contributed by atoms with E-state index in [1.165, 1.54) is 24.0 Å². The summed E-state index contributed by atoms with van der Waals surface area (Å²) >= 11 is 0. The van der Waals surface area contributed by atoms with Gasteiger partial charge in [-0.1, -0.05) is 38.0 Å². The van der Waals surface area contributed by atoms with Gasteiger partial charge < -0.3 is 26.0 Å². The smallest absolute Gasteiger partial charge is 0.246 e. The van der Waals surface area contributed by atoms with Gasteiger partial charge in [0.1, 0.15) is 35.6 Å². The van der Waals surface area contributed by atoms with E-state index in [1.807, 2.05) is 0 Å². The number of ketones is 1. The average molecular weight is 561 g/mol. The number of aliphatic hydroxyl groups excluding tert-OH is 1. The Labute approximate surface area is 234 Å². The zero-order valence-corrected chi connectivity index (χ0v) is 23.5. The van der Waals surface area contributed by atoms with Crippen LogP contribution in [0, 0.1) is 5.82 Å². The minimum absolute atomic E-state index is 0.101. The van der Waals surface area contributed by atoms with E-state index in [0.717, 1.165) is 0 Å². The summed E-state index contributed by atoms with van der Waals surface area (Å²) in [5.74, 6) is -2.77. The summed E-state index contributed by atoms with van der Waals surface area (Å²) in [6.07, 6.45) is 2.24. The number of carbonyl (C=O) groups is 5. The van der Waals surface area contributed by atoms with Gasteiger partial charge in [0.25, 0.3) is 0 Å². The molecule has 40 heavy (non-hydrogen) atoms. The number of carbonyl (C=O) groups excluding carboxylic acids is 5. The summed E-state index contributed by atoms with van der Waals surface area (Å²) in [4.78, 5) is 67.1. The molecule has 220 valence electrons. The van der Waals surface area contributed by atoms with Crippen LogP contribution in [0.5, 0.6) is 0 Å².